The highest BCUT2D eigenvalue weighted by Gasteiger charge is 2.15. The molecular formula is C25H20ClFN2O3. The Labute approximate surface area is 190 Å². The van der Waals surface area contributed by atoms with Gasteiger partial charge in [0.2, 0.25) is 0 Å². The summed E-state index contributed by atoms with van der Waals surface area (Å²) in [6.07, 6.45) is 1.43. The van der Waals surface area contributed by atoms with Crippen molar-refractivity contribution < 1.29 is 18.7 Å². The van der Waals surface area contributed by atoms with Crippen molar-refractivity contribution in [3.63, 3.8) is 0 Å². The lowest BCUT2D eigenvalue weighted by Crippen LogP contribution is -2.13. The standard InChI is InChI=1S/C25H20ClFN2O3/c1-2-31-23-14-18(12-19(15-28)25(30)29-21-6-4-3-5-7-21)13-22(26)24(23)32-16-17-8-10-20(27)11-9-17/h3-14H,2,16H2,1H3,(H,29,30)/b19-12+. The number of benzene rings is 3. The molecule has 0 aliphatic rings. The van der Waals surface area contributed by atoms with Gasteiger partial charge in [-0.2, -0.15) is 5.26 Å². The zero-order valence-corrected chi connectivity index (χ0v) is 18.0. The molecule has 5 nitrogen and oxygen atoms in total. The number of hydrogen-bond donors (Lipinski definition) is 1. The summed E-state index contributed by atoms with van der Waals surface area (Å²) in [5.41, 5.74) is 1.76. The second-order valence-electron chi connectivity index (χ2n) is 6.67. The van der Waals surface area contributed by atoms with Crippen molar-refractivity contribution in [1.82, 2.24) is 0 Å². The lowest BCUT2D eigenvalue weighted by molar-refractivity contribution is -0.112. The van der Waals surface area contributed by atoms with E-state index in [9.17, 15) is 14.4 Å². The molecule has 162 valence electrons. The molecule has 32 heavy (non-hydrogen) atoms. The van der Waals surface area contributed by atoms with Crippen LogP contribution in [0.15, 0.2) is 72.3 Å². The van der Waals surface area contributed by atoms with Crippen LogP contribution >= 0.6 is 11.6 Å². The van der Waals surface area contributed by atoms with E-state index in [1.165, 1.54) is 18.2 Å². The molecule has 7 heteroatoms. The summed E-state index contributed by atoms with van der Waals surface area (Å²) in [5, 5.41) is 12.4. The van der Waals surface area contributed by atoms with Gasteiger partial charge >= 0.3 is 0 Å². The van der Waals surface area contributed by atoms with Gasteiger partial charge in [0.05, 0.1) is 11.6 Å². The fourth-order valence-electron chi connectivity index (χ4n) is 2.85. The van der Waals surface area contributed by atoms with Crippen LogP contribution in [0.3, 0.4) is 0 Å². The van der Waals surface area contributed by atoms with Crippen molar-refractivity contribution >= 4 is 29.3 Å². The van der Waals surface area contributed by atoms with Crippen molar-refractivity contribution in [1.29, 1.82) is 5.26 Å². The minimum absolute atomic E-state index is 0.0904. The van der Waals surface area contributed by atoms with Crippen LogP contribution in [0.5, 0.6) is 11.5 Å². The van der Waals surface area contributed by atoms with E-state index in [0.29, 0.717) is 29.4 Å². The topological polar surface area (TPSA) is 71.3 Å². The zero-order chi connectivity index (χ0) is 22.9. The van der Waals surface area contributed by atoms with Crippen molar-refractivity contribution in [2.75, 3.05) is 11.9 Å². The number of ether oxygens (including phenoxy) is 2. The van der Waals surface area contributed by atoms with Crippen molar-refractivity contribution in [3.05, 3.63) is 94.3 Å². The molecule has 1 amide bonds. The molecule has 3 aromatic rings. The lowest BCUT2D eigenvalue weighted by Gasteiger charge is -2.15. The highest BCUT2D eigenvalue weighted by molar-refractivity contribution is 6.32. The van der Waals surface area contributed by atoms with E-state index in [2.05, 4.69) is 5.32 Å². The molecule has 0 aliphatic carbocycles. The Balaban J connectivity index is 1.84. The number of halogens is 2. The molecule has 0 fully saturated rings. The maximum absolute atomic E-state index is 13.1. The molecule has 0 radical (unpaired) electrons. The van der Waals surface area contributed by atoms with Crippen LogP contribution in [-0.4, -0.2) is 12.5 Å². The molecule has 0 heterocycles. The first-order valence-electron chi connectivity index (χ1n) is 9.82. The number of carbonyl (C=O) groups excluding carboxylic acids is 1. The van der Waals surface area contributed by atoms with E-state index in [0.717, 1.165) is 5.56 Å². The van der Waals surface area contributed by atoms with Crippen LogP contribution in [0, 0.1) is 17.1 Å². The number of nitrogens with one attached hydrogen (secondary N) is 1. The Morgan fingerprint density at radius 2 is 1.84 bits per heavy atom. The summed E-state index contributed by atoms with van der Waals surface area (Å²) in [6, 6.07) is 19.9. The number of nitriles is 1. The molecule has 0 aliphatic heterocycles. The van der Waals surface area contributed by atoms with Gasteiger partial charge in [-0.05, 0) is 60.5 Å². The van der Waals surface area contributed by atoms with Gasteiger partial charge in [0.25, 0.3) is 5.91 Å². The van der Waals surface area contributed by atoms with Crippen molar-refractivity contribution in [2.45, 2.75) is 13.5 Å². The summed E-state index contributed by atoms with van der Waals surface area (Å²) in [4.78, 5) is 12.5. The van der Waals surface area contributed by atoms with Crippen molar-refractivity contribution in [3.8, 4) is 17.6 Å². The molecule has 0 spiro atoms. The summed E-state index contributed by atoms with van der Waals surface area (Å²) in [7, 11) is 0. The normalized spacial score (nSPS) is 10.9. The van der Waals surface area contributed by atoms with E-state index < -0.39 is 5.91 Å². The Morgan fingerprint density at radius 1 is 1.12 bits per heavy atom. The quantitative estimate of drug-likeness (QED) is 0.337. The molecule has 0 atom stereocenters. The van der Waals surface area contributed by atoms with Gasteiger partial charge in [-0.15, -0.1) is 0 Å². The lowest BCUT2D eigenvalue weighted by atomic mass is 10.1. The van der Waals surface area contributed by atoms with Gasteiger partial charge in [-0.3, -0.25) is 4.79 Å². The summed E-state index contributed by atoms with van der Waals surface area (Å²) < 4.78 is 24.6. The molecular weight excluding hydrogens is 431 g/mol. The highest BCUT2D eigenvalue weighted by atomic mass is 35.5. The largest absolute Gasteiger partial charge is 0.490 e. The zero-order valence-electron chi connectivity index (χ0n) is 17.3. The van der Waals surface area contributed by atoms with Gasteiger partial charge in [-0.1, -0.05) is 41.9 Å². The van der Waals surface area contributed by atoms with Gasteiger partial charge < -0.3 is 14.8 Å². The second-order valence-corrected chi connectivity index (χ2v) is 7.08. The number of amides is 1. The minimum atomic E-state index is -0.538. The third-order valence-electron chi connectivity index (χ3n) is 4.34. The molecule has 0 aromatic heterocycles. The van der Waals surface area contributed by atoms with E-state index in [4.69, 9.17) is 21.1 Å². The smallest absolute Gasteiger partial charge is 0.266 e. The van der Waals surface area contributed by atoms with Crippen LogP contribution in [0.25, 0.3) is 6.08 Å². The highest BCUT2D eigenvalue weighted by Crippen LogP contribution is 2.38. The van der Waals surface area contributed by atoms with Crippen LogP contribution in [0.1, 0.15) is 18.1 Å². The number of hydrogen-bond acceptors (Lipinski definition) is 4. The van der Waals surface area contributed by atoms with Gasteiger partial charge in [0, 0.05) is 5.69 Å². The number of nitrogens with zero attached hydrogens (tertiary/aromatic N) is 1. The fourth-order valence-corrected chi connectivity index (χ4v) is 3.12. The first-order chi connectivity index (χ1) is 15.5. The maximum atomic E-state index is 13.1. The molecule has 0 unspecified atom stereocenters. The van der Waals surface area contributed by atoms with E-state index in [-0.39, 0.29) is 23.0 Å². The SMILES string of the molecule is CCOc1cc(/C=C(\C#N)C(=O)Nc2ccccc2)cc(Cl)c1OCc1ccc(F)cc1. The van der Waals surface area contributed by atoms with Crippen LogP contribution in [0.2, 0.25) is 5.02 Å². The summed E-state index contributed by atoms with van der Waals surface area (Å²) in [5.74, 6) is -0.177. The van der Waals surface area contributed by atoms with Crippen LogP contribution in [-0.2, 0) is 11.4 Å². The third kappa shape index (κ3) is 6.10. The van der Waals surface area contributed by atoms with E-state index in [1.54, 1.807) is 48.5 Å². The van der Waals surface area contributed by atoms with E-state index >= 15 is 0 Å². The Bertz CT molecular complexity index is 1160. The Morgan fingerprint density at radius 3 is 2.50 bits per heavy atom. The Hall–Kier alpha value is -3.82. The Kier molecular flexibility index (Phi) is 7.85. The number of anilines is 1. The monoisotopic (exact) mass is 450 g/mol. The number of carbonyl (C=O) groups is 1. The first-order valence-corrected chi connectivity index (χ1v) is 10.2. The van der Waals surface area contributed by atoms with Crippen LogP contribution in [0.4, 0.5) is 10.1 Å². The number of rotatable bonds is 8. The fraction of sp³-hybridized carbons (Fsp3) is 0.120. The molecule has 1 N–H and O–H groups in total. The van der Waals surface area contributed by atoms with Gasteiger partial charge in [0.1, 0.15) is 24.1 Å². The first kappa shape index (κ1) is 22.9. The molecule has 0 saturated heterocycles. The average molecular weight is 451 g/mol. The molecule has 0 saturated carbocycles. The molecule has 0 bridgehead atoms. The molecule has 3 rings (SSSR count). The maximum Gasteiger partial charge on any atom is 0.266 e. The second kappa shape index (κ2) is 11.0. The predicted octanol–water partition coefficient (Wildman–Crippen LogP) is 6.00. The summed E-state index contributed by atoms with van der Waals surface area (Å²) in [6.45, 7) is 2.34. The van der Waals surface area contributed by atoms with E-state index in [1.807, 2.05) is 19.1 Å². The van der Waals surface area contributed by atoms with Crippen molar-refractivity contribution in [2.24, 2.45) is 0 Å². The number of para-hydroxylation sites is 1. The molecule has 3 aromatic carbocycles. The predicted molar refractivity (Wildman–Crippen MR) is 122 cm³/mol. The average Bonchev–Trinajstić information content (AvgIpc) is 2.79. The minimum Gasteiger partial charge on any atom is -0.490 e. The van der Waals surface area contributed by atoms with Crippen LogP contribution < -0.4 is 14.8 Å². The van der Waals surface area contributed by atoms with Gasteiger partial charge in [0.15, 0.2) is 11.5 Å². The van der Waals surface area contributed by atoms with Gasteiger partial charge in [-0.25, -0.2) is 4.39 Å². The summed E-state index contributed by atoms with van der Waals surface area (Å²) >= 11 is 6.42. The third-order valence-corrected chi connectivity index (χ3v) is 4.62.